The number of carbonyl (C=O) groups excluding carboxylic acids is 2. The molecule has 1 saturated heterocycles. The van der Waals surface area contributed by atoms with Crippen LogP contribution in [-0.4, -0.2) is 56.1 Å². The Morgan fingerprint density at radius 2 is 1.97 bits per heavy atom. The predicted octanol–water partition coefficient (Wildman–Crippen LogP) is 3.26. The minimum atomic E-state index is -3.38. The summed E-state index contributed by atoms with van der Waals surface area (Å²) in [6, 6.07) is 8.36. The van der Waals surface area contributed by atoms with Crippen LogP contribution in [0.3, 0.4) is 0 Å². The summed E-state index contributed by atoms with van der Waals surface area (Å²) >= 11 is 0. The minimum Gasteiger partial charge on any atom is -0.458 e. The molecule has 0 spiro atoms. The maximum absolute atomic E-state index is 12.5. The molecular formula is C20H25N2O7P. The van der Waals surface area contributed by atoms with Gasteiger partial charge in [-0.05, 0) is 24.3 Å². The van der Waals surface area contributed by atoms with Gasteiger partial charge < -0.3 is 23.8 Å². The quantitative estimate of drug-likeness (QED) is 0.517. The normalized spacial score (nSPS) is 24.7. The molecule has 0 bridgehead atoms. The van der Waals surface area contributed by atoms with Crippen molar-refractivity contribution < 1.29 is 32.7 Å². The molecule has 2 aliphatic rings. The van der Waals surface area contributed by atoms with Crippen LogP contribution in [0.25, 0.3) is 0 Å². The third-order valence-electron chi connectivity index (χ3n) is 4.75. The summed E-state index contributed by atoms with van der Waals surface area (Å²) < 4.78 is 33.8. The van der Waals surface area contributed by atoms with E-state index in [1.165, 1.54) is 24.9 Å². The van der Waals surface area contributed by atoms with E-state index in [1.54, 1.807) is 42.6 Å². The van der Waals surface area contributed by atoms with Gasteiger partial charge >= 0.3 is 19.6 Å². The monoisotopic (exact) mass is 436 g/mol. The highest BCUT2D eigenvalue weighted by Gasteiger charge is 2.36. The lowest BCUT2D eigenvalue weighted by atomic mass is 10.0. The molecule has 0 saturated carbocycles. The number of benzene rings is 1. The van der Waals surface area contributed by atoms with E-state index >= 15 is 0 Å². The van der Waals surface area contributed by atoms with Gasteiger partial charge in [0.1, 0.15) is 12.3 Å². The SMILES string of the molecule is COP(=O)(/C=C/C1CC(OC(=O)c2ccccc2)CC(N2C=CCNC2=O)O1)OC. The summed E-state index contributed by atoms with van der Waals surface area (Å²) in [6.07, 6.45) is 3.86. The highest BCUT2D eigenvalue weighted by molar-refractivity contribution is 7.57. The number of urea groups is 1. The van der Waals surface area contributed by atoms with Crippen molar-refractivity contribution in [2.24, 2.45) is 0 Å². The molecule has 0 aliphatic carbocycles. The Morgan fingerprint density at radius 1 is 1.23 bits per heavy atom. The number of carbonyl (C=O) groups is 2. The summed E-state index contributed by atoms with van der Waals surface area (Å²) in [7, 11) is -0.814. The second-order valence-electron chi connectivity index (χ2n) is 6.72. The Kier molecular flexibility index (Phi) is 7.44. The Bertz CT molecular complexity index is 850. The van der Waals surface area contributed by atoms with Crippen molar-refractivity contribution in [3.05, 3.63) is 60.1 Å². The topological polar surface area (TPSA) is 103 Å². The van der Waals surface area contributed by atoms with E-state index in [1.807, 2.05) is 6.07 Å². The van der Waals surface area contributed by atoms with Gasteiger partial charge in [-0.15, -0.1) is 0 Å². The number of amides is 2. The zero-order valence-electron chi connectivity index (χ0n) is 16.8. The van der Waals surface area contributed by atoms with Gasteiger partial charge in [-0.3, -0.25) is 9.46 Å². The highest BCUT2D eigenvalue weighted by Crippen LogP contribution is 2.48. The van der Waals surface area contributed by atoms with E-state index in [-0.39, 0.29) is 6.03 Å². The Labute approximate surface area is 175 Å². The second kappa shape index (κ2) is 10.0. The van der Waals surface area contributed by atoms with Crippen LogP contribution in [0.5, 0.6) is 0 Å². The zero-order valence-corrected chi connectivity index (χ0v) is 17.7. The van der Waals surface area contributed by atoms with Crippen LogP contribution in [0, 0.1) is 0 Å². The van der Waals surface area contributed by atoms with Gasteiger partial charge in [0.25, 0.3) is 0 Å². The first-order valence-corrected chi connectivity index (χ1v) is 11.1. The van der Waals surface area contributed by atoms with E-state index in [2.05, 4.69) is 5.32 Å². The molecule has 1 N–H and O–H groups in total. The van der Waals surface area contributed by atoms with Gasteiger partial charge in [-0.25, -0.2) is 9.59 Å². The van der Waals surface area contributed by atoms with Crippen molar-refractivity contribution in [1.82, 2.24) is 10.2 Å². The van der Waals surface area contributed by atoms with Crippen molar-refractivity contribution in [2.45, 2.75) is 31.3 Å². The fourth-order valence-electron chi connectivity index (χ4n) is 3.18. The maximum Gasteiger partial charge on any atom is 0.353 e. The molecule has 1 fully saturated rings. The Balaban J connectivity index is 1.77. The highest BCUT2D eigenvalue weighted by atomic mass is 31.2. The van der Waals surface area contributed by atoms with E-state index in [0.29, 0.717) is 24.9 Å². The number of hydrogen-bond acceptors (Lipinski definition) is 7. The minimum absolute atomic E-state index is 0.299. The first-order valence-electron chi connectivity index (χ1n) is 9.49. The van der Waals surface area contributed by atoms with Crippen molar-refractivity contribution in [2.75, 3.05) is 20.8 Å². The average Bonchev–Trinajstić information content (AvgIpc) is 2.78. The molecular weight excluding hydrogens is 411 g/mol. The molecule has 3 atom stereocenters. The van der Waals surface area contributed by atoms with Crippen molar-refractivity contribution in [3.63, 3.8) is 0 Å². The predicted molar refractivity (Wildman–Crippen MR) is 109 cm³/mol. The van der Waals surface area contributed by atoms with Crippen molar-refractivity contribution in [1.29, 1.82) is 0 Å². The largest absolute Gasteiger partial charge is 0.458 e. The molecule has 1 aromatic carbocycles. The smallest absolute Gasteiger partial charge is 0.353 e. The Morgan fingerprint density at radius 3 is 2.63 bits per heavy atom. The van der Waals surface area contributed by atoms with Crippen molar-refractivity contribution in [3.8, 4) is 0 Å². The average molecular weight is 436 g/mol. The van der Waals surface area contributed by atoms with Crippen LogP contribution in [-0.2, 0) is 23.1 Å². The molecule has 10 heteroatoms. The number of nitrogens with one attached hydrogen (secondary N) is 1. The molecule has 0 aromatic heterocycles. The Hall–Kier alpha value is -2.45. The van der Waals surface area contributed by atoms with Crippen molar-refractivity contribution >= 4 is 19.6 Å². The van der Waals surface area contributed by atoms with Crippen LogP contribution < -0.4 is 5.32 Å². The fraction of sp³-hybridized carbons (Fsp3) is 0.400. The van der Waals surface area contributed by atoms with E-state index in [9.17, 15) is 14.2 Å². The summed E-state index contributed by atoms with van der Waals surface area (Å²) in [5, 5.41) is 2.71. The zero-order chi connectivity index (χ0) is 21.6. The lowest BCUT2D eigenvalue weighted by Crippen LogP contribution is -2.51. The molecule has 2 heterocycles. The number of ether oxygens (including phenoxy) is 2. The number of esters is 1. The van der Waals surface area contributed by atoms with Gasteiger partial charge in [-0.2, -0.15) is 0 Å². The van der Waals surface area contributed by atoms with Crippen LogP contribution in [0.2, 0.25) is 0 Å². The molecule has 1 aromatic rings. The molecule has 9 nitrogen and oxygen atoms in total. The van der Waals surface area contributed by atoms with Gasteiger partial charge in [0.05, 0.1) is 11.7 Å². The summed E-state index contributed by atoms with van der Waals surface area (Å²) in [6.45, 7) is 0.433. The van der Waals surface area contributed by atoms with Gasteiger partial charge in [0.15, 0.2) is 0 Å². The van der Waals surface area contributed by atoms with Crippen LogP contribution in [0.1, 0.15) is 23.2 Å². The van der Waals surface area contributed by atoms with Crippen LogP contribution in [0.4, 0.5) is 4.79 Å². The summed E-state index contributed by atoms with van der Waals surface area (Å²) in [4.78, 5) is 26.2. The molecule has 30 heavy (non-hydrogen) atoms. The van der Waals surface area contributed by atoms with Gasteiger partial charge in [0, 0.05) is 45.6 Å². The first-order chi connectivity index (χ1) is 14.4. The molecule has 2 amide bonds. The van der Waals surface area contributed by atoms with E-state index < -0.39 is 32.0 Å². The maximum atomic E-state index is 12.5. The molecule has 0 radical (unpaired) electrons. The number of rotatable bonds is 7. The first kappa shape index (κ1) is 22.2. The standard InChI is InChI=1S/C20H25N2O7P/c1-26-30(25,27-2)12-9-16-13-17(29-19(23)15-7-4-3-5-8-15)14-18(28-16)22-11-6-10-21-20(22)24/h3-9,11-12,16-18H,10,13-14H2,1-2H3,(H,21,24)/b12-9+. The summed E-state index contributed by atoms with van der Waals surface area (Å²) in [5.41, 5.74) is 0.437. The van der Waals surface area contributed by atoms with E-state index in [4.69, 9.17) is 18.5 Å². The fourth-order valence-corrected chi connectivity index (χ4v) is 3.98. The molecule has 162 valence electrons. The third-order valence-corrected chi connectivity index (χ3v) is 6.30. The lowest BCUT2D eigenvalue weighted by Gasteiger charge is -2.39. The lowest BCUT2D eigenvalue weighted by molar-refractivity contribution is -0.121. The number of hydrogen-bond donors (Lipinski definition) is 1. The van der Waals surface area contributed by atoms with Crippen LogP contribution >= 0.6 is 7.60 Å². The third kappa shape index (κ3) is 5.58. The molecule has 3 rings (SSSR count). The summed E-state index contributed by atoms with van der Waals surface area (Å²) in [5.74, 6) is 0.851. The number of nitrogens with zero attached hydrogens (tertiary/aromatic N) is 1. The molecule has 3 unspecified atom stereocenters. The van der Waals surface area contributed by atoms with Crippen LogP contribution in [0.15, 0.2) is 54.5 Å². The van der Waals surface area contributed by atoms with Gasteiger partial charge in [0.2, 0.25) is 0 Å². The molecule has 2 aliphatic heterocycles. The second-order valence-corrected chi connectivity index (χ2v) is 8.83. The van der Waals surface area contributed by atoms with Gasteiger partial charge in [-0.1, -0.05) is 18.2 Å². The van der Waals surface area contributed by atoms with E-state index in [0.717, 1.165) is 0 Å².